The molecule has 3 heteroatoms. The van der Waals surface area contributed by atoms with Crippen LogP contribution in [0.3, 0.4) is 0 Å². The summed E-state index contributed by atoms with van der Waals surface area (Å²) < 4.78 is 5.15. The number of hydroxylamine groups is 1. The fraction of sp³-hybridized carbons (Fsp3) is 0.667. The molecule has 2 saturated heterocycles. The molecule has 2 aliphatic rings. The van der Waals surface area contributed by atoms with Crippen molar-refractivity contribution in [1.29, 1.82) is 0 Å². The molecule has 9 heavy (non-hydrogen) atoms. The lowest BCUT2D eigenvalue weighted by atomic mass is 10.2. The lowest BCUT2D eigenvalue weighted by Gasteiger charge is -2.20. The van der Waals surface area contributed by atoms with E-state index in [1.54, 1.807) is 0 Å². The Labute approximate surface area is 53.6 Å². The molecule has 0 saturated carbocycles. The zero-order chi connectivity index (χ0) is 6.10. The van der Waals surface area contributed by atoms with Crippen LogP contribution in [-0.4, -0.2) is 13.2 Å². The molecule has 2 heterocycles. The Bertz CT molecular complexity index is 139. The molecule has 2 aliphatic heterocycles. The van der Waals surface area contributed by atoms with Gasteiger partial charge in [0.15, 0.2) is 0 Å². The van der Waals surface area contributed by atoms with Crippen LogP contribution >= 0.6 is 0 Å². The minimum absolute atomic E-state index is 0.780. The van der Waals surface area contributed by atoms with Gasteiger partial charge in [-0.15, -0.1) is 0 Å². The molecule has 2 rings (SSSR count). The van der Waals surface area contributed by atoms with E-state index in [1.165, 1.54) is 0 Å². The van der Waals surface area contributed by atoms with Crippen LogP contribution in [-0.2, 0) is 9.57 Å². The minimum Gasteiger partial charge on any atom is -0.495 e. The van der Waals surface area contributed by atoms with E-state index in [4.69, 9.17) is 9.57 Å². The molecule has 0 bridgehead atoms. The van der Waals surface area contributed by atoms with E-state index < -0.39 is 0 Å². The summed E-state index contributed by atoms with van der Waals surface area (Å²) in [7, 11) is 0. The standard InChI is InChI=1S/C6H9NO2/c1-4-9-7-5(1)6-2-3-8-6/h7H,1-4H2. The summed E-state index contributed by atoms with van der Waals surface area (Å²) in [5.41, 5.74) is 3.95. The van der Waals surface area contributed by atoms with Crippen molar-refractivity contribution >= 4 is 0 Å². The molecule has 0 radical (unpaired) electrons. The van der Waals surface area contributed by atoms with Gasteiger partial charge in [-0.3, -0.25) is 10.3 Å². The molecule has 0 unspecified atom stereocenters. The van der Waals surface area contributed by atoms with E-state index in [1.807, 2.05) is 0 Å². The van der Waals surface area contributed by atoms with Gasteiger partial charge in [0.2, 0.25) is 0 Å². The van der Waals surface area contributed by atoms with E-state index in [0.29, 0.717) is 0 Å². The molecule has 0 amide bonds. The summed E-state index contributed by atoms with van der Waals surface area (Å²) in [6.45, 7) is 1.66. The summed E-state index contributed by atoms with van der Waals surface area (Å²) in [4.78, 5) is 4.93. The number of hydrogen-bond acceptors (Lipinski definition) is 3. The Morgan fingerprint density at radius 2 is 2.11 bits per heavy atom. The van der Waals surface area contributed by atoms with E-state index in [0.717, 1.165) is 37.5 Å². The van der Waals surface area contributed by atoms with Gasteiger partial charge in [-0.1, -0.05) is 0 Å². The quantitative estimate of drug-likeness (QED) is 0.515. The Morgan fingerprint density at radius 1 is 1.22 bits per heavy atom. The Balaban J connectivity index is 2.08. The van der Waals surface area contributed by atoms with Crippen molar-refractivity contribution in [2.45, 2.75) is 12.8 Å². The third-order valence-corrected chi connectivity index (χ3v) is 1.59. The second-order valence-electron chi connectivity index (χ2n) is 2.20. The lowest BCUT2D eigenvalue weighted by molar-refractivity contribution is 0.0889. The lowest BCUT2D eigenvalue weighted by Crippen LogP contribution is -2.16. The van der Waals surface area contributed by atoms with Crippen molar-refractivity contribution in [3.05, 3.63) is 11.5 Å². The summed E-state index contributed by atoms with van der Waals surface area (Å²) in [6.07, 6.45) is 2.06. The Kier molecular flexibility index (Phi) is 1.09. The summed E-state index contributed by atoms with van der Waals surface area (Å²) >= 11 is 0. The molecule has 50 valence electrons. The largest absolute Gasteiger partial charge is 0.495 e. The second kappa shape index (κ2) is 1.92. The first-order chi connectivity index (χ1) is 4.47. The molecule has 0 aliphatic carbocycles. The highest BCUT2D eigenvalue weighted by atomic mass is 16.7. The van der Waals surface area contributed by atoms with Gasteiger partial charge in [-0.05, 0) is 0 Å². The maximum atomic E-state index is 5.15. The van der Waals surface area contributed by atoms with Crippen molar-refractivity contribution in [2.75, 3.05) is 13.2 Å². The van der Waals surface area contributed by atoms with Gasteiger partial charge < -0.3 is 4.74 Å². The van der Waals surface area contributed by atoms with Gasteiger partial charge >= 0.3 is 0 Å². The van der Waals surface area contributed by atoms with Gasteiger partial charge in [0.05, 0.1) is 18.9 Å². The molecule has 1 N–H and O–H groups in total. The molecule has 0 spiro atoms. The Hall–Kier alpha value is -0.700. The van der Waals surface area contributed by atoms with Gasteiger partial charge in [0.25, 0.3) is 0 Å². The zero-order valence-electron chi connectivity index (χ0n) is 5.14. The van der Waals surface area contributed by atoms with Gasteiger partial charge in [0.1, 0.15) is 5.76 Å². The molecule has 0 aromatic heterocycles. The average molecular weight is 127 g/mol. The molecular weight excluding hydrogens is 118 g/mol. The minimum atomic E-state index is 0.780. The van der Waals surface area contributed by atoms with Crippen LogP contribution < -0.4 is 5.48 Å². The first-order valence-corrected chi connectivity index (χ1v) is 3.19. The van der Waals surface area contributed by atoms with Crippen LogP contribution in [0.5, 0.6) is 0 Å². The van der Waals surface area contributed by atoms with Gasteiger partial charge in [0, 0.05) is 12.8 Å². The van der Waals surface area contributed by atoms with Crippen molar-refractivity contribution in [3.63, 3.8) is 0 Å². The highest BCUT2D eigenvalue weighted by Crippen LogP contribution is 2.22. The van der Waals surface area contributed by atoms with Gasteiger partial charge in [-0.2, -0.15) is 0 Å². The monoisotopic (exact) mass is 127 g/mol. The Morgan fingerprint density at radius 3 is 2.56 bits per heavy atom. The van der Waals surface area contributed by atoms with Gasteiger partial charge in [-0.25, -0.2) is 0 Å². The maximum absolute atomic E-state index is 5.15. The van der Waals surface area contributed by atoms with E-state index in [-0.39, 0.29) is 0 Å². The third kappa shape index (κ3) is 0.772. The molecule has 3 nitrogen and oxygen atoms in total. The average Bonchev–Trinajstić information content (AvgIpc) is 2.11. The van der Waals surface area contributed by atoms with Crippen LogP contribution in [0.2, 0.25) is 0 Å². The van der Waals surface area contributed by atoms with E-state index in [2.05, 4.69) is 5.48 Å². The normalized spacial score (nSPS) is 32.9. The molecular formula is C6H9NO2. The molecule has 0 aromatic rings. The predicted molar refractivity (Wildman–Crippen MR) is 31.3 cm³/mol. The molecule has 2 fully saturated rings. The smallest absolute Gasteiger partial charge is 0.121 e. The van der Waals surface area contributed by atoms with Crippen molar-refractivity contribution < 1.29 is 9.57 Å². The summed E-state index contributed by atoms with van der Waals surface area (Å²) in [5, 5.41) is 0. The van der Waals surface area contributed by atoms with E-state index >= 15 is 0 Å². The highest BCUT2D eigenvalue weighted by molar-refractivity contribution is 5.10. The SMILES string of the molecule is C1CC(=C2CCO2)NO1. The first-order valence-electron chi connectivity index (χ1n) is 3.19. The van der Waals surface area contributed by atoms with Crippen LogP contribution in [0.4, 0.5) is 0 Å². The first kappa shape index (κ1) is 5.11. The zero-order valence-corrected chi connectivity index (χ0v) is 5.14. The van der Waals surface area contributed by atoms with Crippen LogP contribution in [0.25, 0.3) is 0 Å². The van der Waals surface area contributed by atoms with Crippen LogP contribution in [0.1, 0.15) is 12.8 Å². The number of ether oxygens (including phenoxy) is 1. The third-order valence-electron chi connectivity index (χ3n) is 1.59. The molecule has 0 atom stereocenters. The molecule has 0 aromatic carbocycles. The predicted octanol–water partition coefficient (Wildman–Crippen LogP) is 0.543. The van der Waals surface area contributed by atoms with Crippen molar-refractivity contribution in [3.8, 4) is 0 Å². The van der Waals surface area contributed by atoms with Crippen LogP contribution in [0.15, 0.2) is 11.5 Å². The maximum Gasteiger partial charge on any atom is 0.121 e. The fourth-order valence-corrected chi connectivity index (χ4v) is 0.981. The highest BCUT2D eigenvalue weighted by Gasteiger charge is 2.19. The number of nitrogens with one attached hydrogen (secondary N) is 1. The topological polar surface area (TPSA) is 30.5 Å². The van der Waals surface area contributed by atoms with Crippen molar-refractivity contribution in [1.82, 2.24) is 5.48 Å². The fourth-order valence-electron chi connectivity index (χ4n) is 0.981. The van der Waals surface area contributed by atoms with Crippen LogP contribution in [0, 0.1) is 0 Å². The van der Waals surface area contributed by atoms with E-state index in [9.17, 15) is 0 Å². The second-order valence-corrected chi connectivity index (χ2v) is 2.20. The summed E-state index contributed by atoms with van der Waals surface area (Å²) in [6, 6.07) is 0. The van der Waals surface area contributed by atoms with Crippen molar-refractivity contribution in [2.24, 2.45) is 0 Å². The number of hydrogen-bond donors (Lipinski definition) is 1. The summed E-state index contributed by atoms with van der Waals surface area (Å²) in [5.74, 6) is 1.09. The number of rotatable bonds is 0.